The zero-order valence-electron chi connectivity index (χ0n) is 11.8. The van der Waals surface area contributed by atoms with Crippen LogP contribution in [-0.2, 0) is 14.2 Å². The third kappa shape index (κ3) is 3.01. The first-order valence-electron chi connectivity index (χ1n) is 6.88. The average molecular weight is 242 g/mol. The minimum atomic E-state index is 0.175. The van der Waals surface area contributed by atoms with Crippen molar-refractivity contribution in [3.63, 3.8) is 0 Å². The summed E-state index contributed by atoms with van der Waals surface area (Å²) in [6.07, 6.45) is 1.70. The van der Waals surface area contributed by atoms with Crippen LogP contribution in [0.2, 0.25) is 0 Å². The smallest absolute Gasteiger partial charge is 0.110 e. The molecule has 0 amide bonds. The molecule has 0 aliphatic carbocycles. The number of epoxide rings is 2. The van der Waals surface area contributed by atoms with Gasteiger partial charge in [-0.2, -0.15) is 0 Å². The van der Waals surface area contributed by atoms with E-state index in [0.29, 0.717) is 24.0 Å². The summed E-state index contributed by atoms with van der Waals surface area (Å²) in [5, 5.41) is 0. The molecule has 0 spiro atoms. The Labute approximate surface area is 105 Å². The Kier molecular flexibility index (Phi) is 3.81. The van der Waals surface area contributed by atoms with E-state index in [0.717, 1.165) is 0 Å². The van der Waals surface area contributed by atoms with Crippen molar-refractivity contribution in [3.05, 3.63) is 0 Å². The largest absolute Gasteiger partial charge is 0.370 e. The highest BCUT2D eigenvalue weighted by Gasteiger charge is 2.49. The molecule has 0 N–H and O–H groups in total. The Bertz CT molecular complexity index is 238. The van der Waals surface area contributed by atoms with E-state index in [1.807, 2.05) is 0 Å². The van der Waals surface area contributed by atoms with Gasteiger partial charge in [0.15, 0.2) is 0 Å². The van der Waals surface area contributed by atoms with E-state index < -0.39 is 0 Å². The average Bonchev–Trinajstić information content (AvgIpc) is 3.10. The van der Waals surface area contributed by atoms with Crippen LogP contribution in [0.5, 0.6) is 0 Å². The Morgan fingerprint density at radius 3 is 1.24 bits per heavy atom. The standard InChI is InChI=1S/C14H26O3/c1-7(2)11-13(16-11)9(5)15-10(6)14-12(17-14)8(3)4/h7-14H,1-6H3. The van der Waals surface area contributed by atoms with Crippen molar-refractivity contribution in [1.29, 1.82) is 0 Å². The van der Waals surface area contributed by atoms with Crippen molar-refractivity contribution in [2.75, 3.05) is 0 Å². The highest BCUT2D eigenvalue weighted by molar-refractivity contribution is 4.95. The van der Waals surface area contributed by atoms with Gasteiger partial charge < -0.3 is 14.2 Å². The first kappa shape index (κ1) is 13.3. The van der Waals surface area contributed by atoms with E-state index in [1.54, 1.807) is 0 Å². The monoisotopic (exact) mass is 242 g/mol. The van der Waals surface area contributed by atoms with Crippen LogP contribution in [0.4, 0.5) is 0 Å². The molecule has 6 unspecified atom stereocenters. The molecule has 0 aromatic carbocycles. The molecular weight excluding hydrogens is 216 g/mol. The van der Waals surface area contributed by atoms with Crippen LogP contribution >= 0.6 is 0 Å². The quantitative estimate of drug-likeness (QED) is 0.671. The van der Waals surface area contributed by atoms with E-state index >= 15 is 0 Å². The van der Waals surface area contributed by atoms with Crippen LogP contribution in [-0.4, -0.2) is 36.6 Å². The third-order valence-corrected chi connectivity index (χ3v) is 3.79. The highest BCUT2D eigenvalue weighted by atomic mass is 16.6. The first-order chi connectivity index (χ1) is 7.91. The summed E-state index contributed by atoms with van der Waals surface area (Å²) < 4.78 is 17.3. The molecule has 2 heterocycles. The molecule has 0 aromatic rings. The van der Waals surface area contributed by atoms with Crippen LogP contribution in [0, 0.1) is 11.8 Å². The minimum Gasteiger partial charge on any atom is -0.370 e. The van der Waals surface area contributed by atoms with E-state index in [-0.39, 0.29) is 24.4 Å². The summed E-state index contributed by atoms with van der Waals surface area (Å²) in [4.78, 5) is 0. The maximum atomic E-state index is 6.01. The summed E-state index contributed by atoms with van der Waals surface area (Å²) in [6, 6.07) is 0. The van der Waals surface area contributed by atoms with Gasteiger partial charge >= 0.3 is 0 Å². The summed E-state index contributed by atoms with van der Waals surface area (Å²) in [5.74, 6) is 1.17. The maximum absolute atomic E-state index is 6.01. The molecule has 0 radical (unpaired) electrons. The molecule has 0 saturated carbocycles. The number of rotatable bonds is 6. The fourth-order valence-electron chi connectivity index (χ4n) is 2.59. The zero-order chi connectivity index (χ0) is 12.7. The molecule has 6 atom stereocenters. The van der Waals surface area contributed by atoms with E-state index in [2.05, 4.69) is 41.5 Å². The summed E-state index contributed by atoms with van der Waals surface area (Å²) in [6.45, 7) is 13.0. The van der Waals surface area contributed by atoms with E-state index in [1.165, 1.54) is 0 Å². The lowest BCUT2D eigenvalue weighted by Gasteiger charge is -2.17. The molecule has 2 aliphatic rings. The molecular formula is C14H26O3. The van der Waals surface area contributed by atoms with Crippen LogP contribution in [0.25, 0.3) is 0 Å². The summed E-state index contributed by atoms with van der Waals surface area (Å²) in [5.41, 5.74) is 0. The number of ether oxygens (including phenoxy) is 3. The van der Waals surface area contributed by atoms with Gasteiger partial charge in [-0.25, -0.2) is 0 Å². The van der Waals surface area contributed by atoms with Gasteiger partial charge in [0.2, 0.25) is 0 Å². The molecule has 2 fully saturated rings. The lowest BCUT2D eigenvalue weighted by atomic mass is 10.0. The van der Waals surface area contributed by atoms with Crippen molar-refractivity contribution < 1.29 is 14.2 Å². The molecule has 17 heavy (non-hydrogen) atoms. The lowest BCUT2D eigenvalue weighted by molar-refractivity contribution is -0.0188. The normalized spacial score (nSPS) is 39.5. The van der Waals surface area contributed by atoms with Gasteiger partial charge in [-0.3, -0.25) is 0 Å². The van der Waals surface area contributed by atoms with Crippen LogP contribution < -0.4 is 0 Å². The molecule has 2 saturated heterocycles. The summed E-state index contributed by atoms with van der Waals surface area (Å²) >= 11 is 0. The van der Waals surface area contributed by atoms with Crippen molar-refractivity contribution in [2.24, 2.45) is 11.8 Å². The van der Waals surface area contributed by atoms with Crippen LogP contribution in [0.15, 0.2) is 0 Å². The molecule has 2 rings (SSSR count). The Morgan fingerprint density at radius 2 is 1.00 bits per heavy atom. The highest BCUT2D eigenvalue weighted by Crippen LogP contribution is 2.37. The predicted molar refractivity (Wildman–Crippen MR) is 67.0 cm³/mol. The second-order valence-corrected chi connectivity index (χ2v) is 6.16. The van der Waals surface area contributed by atoms with Gasteiger partial charge in [0.25, 0.3) is 0 Å². The second kappa shape index (κ2) is 4.87. The fraction of sp³-hybridized carbons (Fsp3) is 1.00. The van der Waals surface area contributed by atoms with Crippen LogP contribution in [0.3, 0.4) is 0 Å². The predicted octanol–water partition coefficient (Wildman–Crippen LogP) is 2.63. The van der Waals surface area contributed by atoms with Crippen molar-refractivity contribution >= 4 is 0 Å². The molecule has 3 nitrogen and oxygen atoms in total. The summed E-state index contributed by atoms with van der Waals surface area (Å²) in [7, 11) is 0. The maximum Gasteiger partial charge on any atom is 0.110 e. The molecule has 3 heteroatoms. The topological polar surface area (TPSA) is 34.3 Å². The van der Waals surface area contributed by atoms with Gasteiger partial charge in [0.1, 0.15) is 12.2 Å². The third-order valence-electron chi connectivity index (χ3n) is 3.79. The van der Waals surface area contributed by atoms with Gasteiger partial charge in [0.05, 0.1) is 24.4 Å². The Hall–Kier alpha value is -0.120. The Balaban J connectivity index is 1.71. The van der Waals surface area contributed by atoms with Gasteiger partial charge in [-0.1, -0.05) is 27.7 Å². The number of hydrogen-bond donors (Lipinski definition) is 0. The van der Waals surface area contributed by atoms with Gasteiger partial charge in [-0.05, 0) is 25.7 Å². The van der Waals surface area contributed by atoms with E-state index in [9.17, 15) is 0 Å². The zero-order valence-corrected chi connectivity index (χ0v) is 11.8. The molecule has 0 aromatic heterocycles. The van der Waals surface area contributed by atoms with Gasteiger partial charge in [0, 0.05) is 0 Å². The van der Waals surface area contributed by atoms with Crippen molar-refractivity contribution in [2.45, 2.75) is 78.2 Å². The first-order valence-corrected chi connectivity index (χ1v) is 6.88. The fourth-order valence-corrected chi connectivity index (χ4v) is 2.59. The second-order valence-electron chi connectivity index (χ2n) is 6.16. The number of hydrogen-bond acceptors (Lipinski definition) is 3. The molecule has 100 valence electrons. The van der Waals surface area contributed by atoms with E-state index in [4.69, 9.17) is 14.2 Å². The van der Waals surface area contributed by atoms with Gasteiger partial charge in [-0.15, -0.1) is 0 Å². The van der Waals surface area contributed by atoms with Crippen LogP contribution in [0.1, 0.15) is 41.5 Å². The lowest BCUT2D eigenvalue weighted by Crippen LogP contribution is -2.28. The minimum absolute atomic E-state index is 0.175. The van der Waals surface area contributed by atoms with Crippen molar-refractivity contribution in [3.8, 4) is 0 Å². The SMILES string of the molecule is CC(C)C1OC1C(C)OC(C)C1OC1C(C)C. The Morgan fingerprint density at radius 1 is 0.647 bits per heavy atom. The molecule has 0 bridgehead atoms. The van der Waals surface area contributed by atoms with Crippen molar-refractivity contribution in [1.82, 2.24) is 0 Å². The molecule has 2 aliphatic heterocycles.